The van der Waals surface area contributed by atoms with E-state index in [1.807, 2.05) is 12.1 Å². The Morgan fingerprint density at radius 2 is 2.28 bits per heavy atom. The van der Waals surface area contributed by atoms with Crippen molar-refractivity contribution < 1.29 is 9.90 Å². The molecule has 0 amide bonds. The van der Waals surface area contributed by atoms with Crippen LogP contribution in [0.1, 0.15) is 42.1 Å². The number of aromatic carboxylic acids is 1. The van der Waals surface area contributed by atoms with Crippen molar-refractivity contribution in [1.82, 2.24) is 4.90 Å². The molecule has 1 aliphatic rings. The number of nitrogen functional groups attached to an aromatic ring is 1. The molecule has 0 saturated carbocycles. The quantitative estimate of drug-likeness (QED) is 0.806. The number of nitrogens with two attached hydrogens (primary N) is 1. The van der Waals surface area contributed by atoms with Crippen molar-refractivity contribution >= 4 is 11.7 Å². The van der Waals surface area contributed by atoms with Gasteiger partial charge in [-0.25, -0.2) is 4.79 Å². The van der Waals surface area contributed by atoms with Gasteiger partial charge in [0.15, 0.2) is 0 Å². The maximum Gasteiger partial charge on any atom is 0.338 e. The van der Waals surface area contributed by atoms with Gasteiger partial charge in [-0.2, -0.15) is 0 Å². The highest BCUT2D eigenvalue weighted by Gasteiger charge is 2.21. The van der Waals surface area contributed by atoms with Crippen LogP contribution in [-0.2, 0) is 6.54 Å². The SMILES string of the molecule is CC1CCCCN1Cc1cccc(N)c1C(=O)O. The molecule has 4 nitrogen and oxygen atoms in total. The van der Waals surface area contributed by atoms with E-state index >= 15 is 0 Å². The Balaban J connectivity index is 2.23. The zero-order chi connectivity index (χ0) is 13.1. The Morgan fingerprint density at radius 1 is 1.50 bits per heavy atom. The second kappa shape index (κ2) is 5.40. The Hall–Kier alpha value is -1.55. The average Bonchev–Trinajstić information content (AvgIpc) is 2.31. The first kappa shape index (κ1) is 12.9. The summed E-state index contributed by atoms with van der Waals surface area (Å²) in [7, 11) is 0. The van der Waals surface area contributed by atoms with Gasteiger partial charge in [-0.1, -0.05) is 18.6 Å². The first-order valence-electron chi connectivity index (χ1n) is 6.44. The molecule has 1 aromatic carbocycles. The highest BCUT2D eigenvalue weighted by atomic mass is 16.4. The topological polar surface area (TPSA) is 66.6 Å². The fourth-order valence-corrected chi connectivity index (χ4v) is 2.62. The Bertz CT molecular complexity index is 445. The van der Waals surface area contributed by atoms with Gasteiger partial charge in [-0.05, 0) is 37.9 Å². The molecule has 1 saturated heterocycles. The summed E-state index contributed by atoms with van der Waals surface area (Å²) in [6.07, 6.45) is 3.64. The van der Waals surface area contributed by atoms with Gasteiger partial charge in [0, 0.05) is 18.3 Å². The number of rotatable bonds is 3. The molecule has 2 rings (SSSR count). The minimum atomic E-state index is -0.937. The summed E-state index contributed by atoms with van der Waals surface area (Å²) >= 11 is 0. The van der Waals surface area contributed by atoms with Gasteiger partial charge >= 0.3 is 5.97 Å². The molecular formula is C14H20N2O2. The molecule has 0 bridgehead atoms. The summed E-state index contributed by atoms with van der Waals surface area (Å²) < 4.78 is 0. The van der Waals surface area contributed by atoms with Crippen LogP contribution in [0.4, 0.5) is 5.69 Å². The summed E-state index contributed by atoms with van der Waals surface area (Å²) in [5.74, 6) is -0.937. The third-order valence-corrected chi connectivity index (χ3v) is 3.71. The summed E-state index contributed by atoms with van der Waals surface area (Å²) in [6, 6.07) is 5.85. The molecule has 0 radical (unpaired) electrons. The predicted octanol–water partition coefficient (Wildman–Crippen LogP) is 2.34. The molecule has 1 aliphatic heterocycles. The lowest BCUT2D eigenvalue weighted by atomic mass is 10.00. The molecule has 1 atom stereocenters. The van der Waals surface area contributed by atoms with E-state index in [0.717, 1.165) is 12.1 Å². The largest absolute Gasteiger partial charge is 0.478 e. The first-order valence-corrected chi connectivity index (χ1v) is 6.44. The maximum atomic E-state index is 11.3. The minimum Gasteiger partial charge on any atom is -0.478 e. The van der Waals surface area contributed by atoms with Crippen molar-refractivity contribution in [1.29, 1.82) is 0 Å². The number of carboxylic acid groups (broad SMARTS) is 1. The third-order valence-electron chi connectivity index (χ3n) is 3.71. The van der Waals surface area contributed by atoms with Crippen molar-refractivity contribution in [2.24, 2.45) is 0 Å². The summed E-state index contributed by atoms with van der Waals surface area (Å²) in [5, 5.41) is 9.24. The fourth-order valence-electron chi connectivity index (χ4n) is 2.62. The van der Waals surface area contributed by atoms with Crippen molar-refractivity contribution in [3.05, 3.63) is 29.3 Å². The van der Waals surface area contributed by atoms with Crippen LogP contribution < -0.4 is 5.73 Å². The lowest BCUT2D eigenvalue weighted by molar-refractivity contribution is 0.0694. The predicted molar refractivity (Wildman–Crippen MR) is 71.5 cm³/mol. The number of nitrogens with zero attached hydrogens (tertiary/aromatic N) is 1. The molecule has 0 aromatic heterocycles. The monoisotopic (exact) mass is 248 g/mol. The maximum absolute atomic E-state index is 11.3. The van der Waals surface area contributed by atoms with Gasteiger partial charge in [0.2, 0.25) is 0 Å². The van der Waals surface area contributed by atoms with Gasteiger partial charge in [0.25, 0.3) is 0 Å². The van der Waals surface area contributed by atoms with Crippen LogP contribution >= 0.6 is 0 Å². The van der Waals surface area contributed by atoms with E-state index in [4.69, 9.17) is 5.73 Å². The zero-order valence-electron chi connectivity index (χ0n) is 10.7. The number of carbonyl (C=O) groups is 1. The fraction of sp³-hybridized carbons (Fsp3) is 0.500. The van der Waals surface area contributed by atoms with E-state index in [-0.39, 0.29) is 5.56 Å². The minimum absolute atomic E-state index is 0.260. The number of benzene rings is 1. The molecule has 4 heteroatoms. The first-order chi connectivity index (χ1) is 8.59. The van der Waals surface area contributed by atoms with Crippen LogP contribution in [0.3, 0.4) is 0 Å². The Morgan fingerprint density at radius 3 is 2.94 bits per heavy atom. The van der Waals surface area contributed by atoms with Crippen molar-refractivity contribution in [2.45, 2.75) is 38.8 Å². The number of hydrogen-bond acceptors (Lipinski definition) is 3. The van der Waals surface area contributed by atoms with E-state index in [9.17, 15) is 9.90 Å². The second-order valence-corrected chi connectivity index (χ2v) is 5.00. The molecule has 98 valence electrons. The second-order valence-electron chi connectivity index (χ2n) is 5.00. The highest BCUT2D eigenvalue weighted by molar-refractivity contribution is 5.95. The molecule has 1 unspecified atom stereocenters. The number of carboxylic acids is 1. The number of likely N-dealkylation sites (tertiary alicyclic amines) is 1. The third kappa shape index (κ3) is 2.64. The van der Waals surface area contributed by atoms with Gasteiger partial charge in [-0.15, -0.1) is 0 Å². The summed E-state index contributed by atoms with van der Waals surface area (Å²) in [4.78, 5) is 13.6. The molecule has 1 fully saturated rings. The van der Waals surface area contributed by atoms with E-state index < -0.39 is 5.97 Å². The molecule has 3 N–H and O–H groups in total. The average molecular weight is 248 g/mol. The van der Waals surface area contributed by atoms with Gasteiger partial charge in [0.1, 0.15) is 0 Å². The summed E-state index contributed by atoms with van der Waals surface area (Å²) in [5.41, 5.74) is 7.19. The van der Waals surface area contributed by atoms with E-state index in [1.165, 1.54) is 19.3 Å². The van der Waals surface area contributed by atoms with Crippen molar-refractivity contribution in [3.63, 3.8) is 0 Å². The molecule has 18 heavy (non-hydrogen) atoms. The molecule has 1 aromatic rings. The van der Waals surface area contributed by atoms with Crippen LogP contribution in [-0.4, -0.2) is 28.6 Å². The van der Waals surface area contributed by atoms with Crippen LogP contribution in [0.15, 0.2) is 18.2 Å². The zero-order valence-corrected chi connectivity index (χ0v) is 10.7. The van der Waals surface area contributed by atoms with Crippen LogP contribution in [0, 0.1) is 0 Å². The van der Waals surface area contributed by atoms with Gasteiger partial charge < -0.3 is 10.8 Å². The number of hydrogen-bond donors (Lipinski definition) is 2. The normalized spacial score (nSPS) is 20.8. The Labute approximate surface area is 107 Å². The van der Waals surface area contributed by atoms with Gasteiger partial charge in [-0.3, -0.25) is 4.90 Å². The van der Waals surface area contributed by atoms with Crippen LogP contribution in [0.2, 0.25) is 0 Å². The molecule has 0 spiro atoms. The van der Waals surface area contributed by atoms with Crippen LogP contribution in [0.25, 0.3) is 0 Å². The molecule has 0 aliphatic carbocycles. The number of piperidine rings is 1. The van der Waals surface area contributed by atoms with Crippen LogP contribution in [0.5, 0.6) is 0 Å². The standard InChI is InChI=1S/C14H20N2O2/c1-10-5-2-3-8-16(10)9-11-6-4-7-12(15)13(11)14(17)18/h4,6-7,10H,2-3,5,8-9,15H2,1H3,(H,17,18). The molecular weight excluding hydrogens is 228 g/mol. The van der Waals surface area contributed by atoms with E-state index in [1.54, 1.807) is 6.07 Å². The van der Waals surface area contributed by atoms with E-state index in [2.05, 4.69) is 11.8 Å². The van der Waals surface area contributed by atoms with E-state index in [0.29, 0.717) is 18.3 Å². The lowest BCUT2D eigenvalue weighted by Crippen LogP contribution is -2.37. The molecule has 1 heterocycles. The van der Waals surface area contributed by atoms with Gasteiger partial charge in [0.05, 0.1) is 5.56 Å². The number of anilines is 1. The van der Waals surface area contributed by atoms with Crippen molar-refractivity contribution in [2.75, 3.05) is 12.3 Å². The van der Waals surface area contributed by atoms with Crippen molar-refractivity contribution in [3.8, 4) is 0 Å². The smallest absolute Gasteiger partial charge is 0.338 e. The summed E-state index contributed by atoms with van der Waals surface area (Å²) in [6.45, 7) is 3.91. The Kier molecular flexibility index (Phi) is 3.87. The highest BCUT2D eigenvalue weighted by Crippen LogP contribution is 2.23. The lowest BCUT2D eigenvalue weighted by Gasteiger charge is -2.33.